The van der Waals surface area contributed by atoms with E-state index >= 15 is 0 Å². The average molecular weight is 553 g/mol. The third-order valence-electron chi connectivity index (χ3n) is 9.46. The van der Waals surface area contributed by atoms with Gasteiger partial charge in [-0.3, -0.25) is 24.1 Å². The summed E-state index contributed by atoms with van der Waals surface area (Å²) in [5, 5.41) is -0.446. The maximum Gasteiger partial charge on any atom is 0.317 e. The van der Waals surface area contributed by atoms with Crippen LogP contribution in [0, 0.1) is 29.1 Å². The van der Waals surface area contributed by atoms with Crippen molar-refractivity contribution in [3.63, 3.8) is 0 Å². The van der Waals surface area contributed by atoms with E-state index in [9.17, 15) is 19.2 Å². The van der Waals surface area contributed by atoms with Gasteiger partial charge in [0.2, 0.25) is 5.91 Å². The molecular formula is C30H36N2O6S. The summed E-state index contributed by atoms with van der Waals surface area (Å²) in [6, 6.07) is 5.14. The van der Waals surface area contributed by atoms with Crippen molar-refractivity contribution in [1.82, 2.24) is 9.80 Å². The summed E-state index contributed by atoms with van der Waals surface area (Å²) < 4.78 is 11.5. The number of carbonyl (C=O) groups excluding carboxylic acids is 4. The first-order chi connectivity index (χ1) is 18.7. The van der Waals surface area contributed by atoms with E-state index in [0.29, 0.717) is 53.8 Å². The van der Waals surface area contributed by atoms with E-state index in [1.165, 1.54) is 26.4 Å². The molecule has 7 rings (SSSR count). The molecule has 8 nitrogen and oxygen atoms in total. The molecule has 6 fully saturated rings. The highest BCUT2D eigenvalue weighted by atomic mass is 32.2. The normalized spacial score (nSPS) is 31.3. The minimum absolute atomic E-state index is 0.151. The second kappa shape index (κ2) is 10.3. The molecule has 6 aliphatic rings. The molecule has 1 aromatic rings. The van der Waals surface area contributed by atoms with Gasteiger partial charge in [0.05, 0.1) is 17.4 Å². The van der Waals surface area contributed by atoms with Gasteiger partial charge in [-0.05, 0) is 111 Å². The number of piperidine rings is 1. The van der Waals surface area contributed by atoms with Gasteiger partial charge in [0.15, 0.2) is 11.5 Å². The van der Waals surface area contributed by atoms with Crippen LogP contribution in [0.5, 0.6) is 11.5 Å². The Labute approximate surface area is 233 Å². The molecule has 1 aromatic carbocycles. The number of imide groups is 1. The molecule has 9 heteroatoms. The Morgan fingerprint density at radius 1 is 1.03 bits per heavy atom. The number of carbonyl (C=O) groups is 4. The number of hydrogen-bond donors (Lipinski definition) is 0. The molecule has 3 amide bonds. The number of benzene rings is 1. The van der Waals surface area contributed by atoms with Crippen LogP contribution in [0.25, 0.3) is 6.08 Å². The fourth-order valence-electron chi connectivity index (χ4n) is 7.71. The van der Waals surface area contributed by atoms with E-state index < -0.39 is 11.1 Å². The van der Waals surface area contributed by atoms with Gasteiger partial charge >= 0.3 is 5.97 Å². The smallest absolute Gasteiger partial charge is 0.317 e. The molecule has 2 heterocycles. The van der Waals surface area contributed by atoms with Gasteiger partial charge in [-0.15, -0.1) is 0 Å². The van der Waals surface area contributed by atoms with Gasteiger partial charge in [-0.1, -0.05) is 13.0 Å². The first-order valence-electron chi connectivity index (χ1n) is 14.2. The number of amides is 3. The Bertz CT molecular complexity index is 1200. The summed E-state index contributed by atoms with van der Waals surface area (Å²) in [4.78, 5) is 54.7. The minimum Gasteiger partial charge on any atom is -0.493 e. The van der Waals surface area contributed by atoms with Crippen molar-refractivity contribution in [3.8, 4) is 11.5 Å². The molecule has 4 saturated carbocycles. The van der Waals surface area contributed by atoms with Crippen molar-refractivity contribution < 1.29 is 28.7 Å². The molecule has 208 valence electrons. The minimum atomic E-state index is -0.472. The lowest BCUT2D eigenvalue weighted by Gasteiger charge is -2.55. The number of esters is 1. The van der Waals surface area contributed by atoms with Crippen LogP contribution in [-0.2, 0) is 14.4 Å². The summed E-state index contributed by atoms with van der Waals surface area (Å²) in [5.74, 6) is 2.45. The fourth-order valence-corrected chi connectivity index (χ4v) is 8.55. The SMILES string of the molecule is COc1cc(/C=C2\SC(=O)N(CC(=O)N3CCC(C)CC3)C2=O)ccc1OC(=O)C12CC3CC(CC(C3)C1)C2. The monoisotopic (exact) mass is 552 g/mol. The number of likely N-dealkylation sites (tertiary alicyclic amines) is 1. The zero-order chi connectivity index (χ0) is 27.3. The molecule has 0 radical (unpaired) electrons. The topological polar surface area (TPSA) is 93.2 Å². The van der Waals surface area contributed by atoms with Crippen LogP contribution in [-0.4, -0.2) is 59.6 Å². The van der Waals surface area contributed by atoms with Crippen molar-refractivity contribution in [2.75, 3.05) is 26.7 Å². The Balaban J connectivity index is 1.13. The number of thioether (sulfide) groups is 1. The second-order valence-electron chi connectivity index (χ2n) is 12.3. The lowest BCUT2D eigenvalue weighted by molar-refractivity contribution is -0.161. The maximum absolute atomic E-state index is 13.4. The third-order valence-corrected chi connectivity index (χ3v) is 10.4. The number of nitrogens with zero attached hydrogens (tertiary/aromatic N) is 2. The fraction of sp³-hybridized carbons (Fsp3) is 0.600. The zero-order valence-electron chi connectivity index (χ0n) is 22.6. The van der Waals surface area contributed by atoms with E-state index in [0.717, 1.165) is 48.8 Å². The van der Waals surface area contributed by atoms with E-state index in [1.807, 2.05) is 0 Å². The van der Waals surface area contributed by atoms with E-state index in [1.54, 1.807) is 29.2 Å². The van der Waals surface area contributed by atoms with Crippen LogP contribution in [0.2, 0.25) is 0 Å². The van der Waals surface area contributed by atoms with Crippen LogP contribution >= 0.6 is 11.8 Å². The van der Waals surface area contributed by atoms with Gasteiger partial charge in [0.1, 0.15) is 6.54 Å². The lowest BCUT2D eigenvalue weighted by atomic mass is 9.49. The van der Waals surface area contributed by atoms with Crippen molar-refractivity contribution in [1.29, 1.82) is 0 Å². The third kappa shape index (κ3) is 5.10. The zero-order valence-corrected chi connectivity index (χ0v) is 23.5. The predicted molar refractivity (Wildman–Crippen MR) is 147 cm³/mol. The van der Waals surface area contributed by atoms with Gasteiger partial charge in [-0.25, -0.2) is 0 Å². The van der Waals surface area contributed by atoms with Crippen LogP contribution in [0.1, 0.15) is 63.9 Å². The molecule has 4 aliphatic carbocycles. The van der Waals surface area contributed by atoms with Crippen molar-refractivity contribution in [3.05, 3.63) is 28.7 Å². The second-order valence-corrected chi connectivity index (χ2v) is 13.3. The maximum atomic E-state index is 13.4. The first-order valence-corrected chi connectivity index (χ1v) is 15.0. The van der Waals surface area contributed by atoms with Crippen molar-refractivity contribution in [2.24, 2.45) is 29.1 Å². The van der Waals surface area contributed by atoms with Crippen molar-refractivity contribution in [2.45, 2.75) is 58.3 Å². The molecule has 0 N–H and O–H groups in total. The molecule has 2 saturated heterocycles. The average Bonchev–Trinajstić information content (AvgIpc) is 3.16. The predicted octanol–water partition coefficient (Wildman–Crippen LogP) is 5.11. The van der Waals surface area contributed by atoms with Crippen LogP contribution < -0.4 is 9.47 Å². The molecular weight excluding hydrogens is 516 g/mol. The van der Waals surface area contributed by atoms with E-state index in [4.69, 9.17) is 9.47 Å². The molecule has 0 unspecified atom stereocenters. The Morgan fingerprint density at radius 2 is 1.67 bits per heavy atom. The summed E-state index contributed by atoms with van der Waals surface area (Å²) in [6.45, 7) is 3.24. The highest BCUT2D eigenvalue weighted by Gasteiger charge is 2.55. The molecule has 0 atom stereocenters. The van der Waals surface area contributed by atoms with Crippen LogP contribution in [0.4, 0.5) is 4.79 Å². The highest BCUT2D eigenvalue weighted by Crippen LogP contribution is 2.60. The Morgan fingerprint density at radius 3 is 2.28 bits per heavy atom. The molecule has 0 aromatic heterocycles. The number of hydrogen-bond acceptors (Lipinski definition) is 7. The summed E-state index contributed by atoms with van der Waals surface area (Å²) in [7, 11) is 1.52. The van der Waals surface area contributed by atoms with Crippen molar-refractivity contribution >= 4 is 40.9 Å². The number of rotatable bonds is 6. The molecule has 4 bridgehead atoms. The van der Waals surface area contributed by atoms with E-state index in [-0.39, 0.29) is 28.7 Å². The lowest BCUT2D eigenvalue weighted by Crippen LogP contribution is -2.51. The standard InChI is InChI=1S/C30H36N2O6S/c1-18-5-7-31(8-6-18)26(33)17-32-27(34)25(39-29(32)36)13-19-3-4-23(24(12-19)37-2)38-28(35)30-14-20-9-21(15-30)11-22(10-20)16-30/h3-4,12-13,18,20-22H,5-11,14-17H2,1-2H3/b25-13-. The molecule has 0 spiro atoms. The Kier molecular flexibility index (Phi) is 6.98. The Hall–Kier alpha value is -2.81. The molecule has 39 heavy (non-hydrogen) atoms. The quantitative estimate of drug-likeness (QED) is 0.275. The summed E-state index contributed by atoms with van der Waals surface area (Å²) in [6.07, 6.45) is 10.0. The number of ether oxygens (including phenoxy) is 2. The number of methoxy groups -OCH3 is 1. The molecule has 2 aliphatic heterocycles. The van der Waals surface area contributed by atoms with Crippen LogP contribution in [0.15, 0.2) is 23.1 Å². The first kappa shape index (κ1) is 26.4. The van der Waals surface area contributed by atoms with Gasteiger partial charge in [0, 0.05) is 13.1 Å². The van der Waals surface area contributed by atoms with Gasteiger partial charge in [0.25, 0.3) is 11.1 Å². The largest absolute Gasteiger partial charge is 0.493 e. The van der Waals surface area contributed by atoms with Gasteiger partial charge in [-0.2, -0.15) is 0 Å². The van der Waals surface area contributed by atoms with Crippen LogP contribution in [0.3, 0.4) is 0 Å². The van der Waals surface area contributed by atoms with Gasteiger partial charge < -0.3 is 14.4 Å². The summed E-state index contributed by atoms with van der Waals surface area (Å²) in [5.41, 5.74) is 0.268. The van der Waals surface area contributed by atoms with E-state index in [2.05, 4.69) is 6.92 Å². The summed E-state index contributed by atoms with van der Waals surface area (Å²) >= 11 is 0.828. The highest BCUT2D eigenvalue weighted by molar-refractivity contribution is 8.18.